The van der Waals surface area contributed by atoms with Crippen molar-refractivity contribution in [1.82, 2.24) is 14.8 Å². The molecule has 3 rings (SSSR count). The van der Waals surface area contributed by atoms with Gasteiger partial charge in [-0.25, -0.2) is 4.79 Å². The van der Waals surface area contributed by atoms with Crippen LogP contribution < -0.4 is 5.32 Å². The van der Waals surface area contributed by atoms with Crippen molar-refractivity contribution in [2.75, 3.05) is 7.05 Å². The number of carbonyl (C=O) groups is 2. The van der Waals surface area contributed by atoms with Gasteiger partial charge in [-0.1, -0.05) is 23.7 Å². The number of aryl methyl sites for hydroxylation is 1. The first-order valence-electron chi connectivity index (χ1n) is 6.03. The maximum atomic E-state index is 11.9. The number of urea groups is 1. The number of likely N-dealkylation sites (N-methyl/N-ethyl adjacent to an activating group) is 1. The maximum Gasteiger partial charge on any atom is 0.328 e. The van der Waals surface area contributed by atoms with Crippen molar-refractivity contribution in [2.45, 2.75) is 0 Å². The van der Waals surface area contributed by atoms with E-state index in [0.29, 0.717) is 5.02 Å². The number of hydrogen-bond acceptors (Lipinski definition) is 2. The van der Waals surface area contributed by atoms with Crippen LogP contribution in [0, 0.1) is 0 Å². The van der Waals surface area contributed by atoms with Crippen molar-refractivity contribution in [3.8, 4) is 0 Å². The number of rotatable bonds is 1. The topological polar surface area (TPSA) is 54.3 Å². The quantitative estimate of drug-likeness (QED) is 0.647. The van der Waals surface area contributed by atoms with E-state index in [0.717, 1.165) is 21.4 Å². The van der Waals surface area contributed by atoms with E-state index >= 15 is 0 Å². The Morgan fingerprint density at radius 2 is 2.00 bits per heavy atom. The van der Waals surface area contributed by atoms with Gasteiger partial charge in [0.05, 0.1) is 10.5 Å². The first-order valence-corrected chi connectivity index (χ1v) is 6.41. The lowest BCUT2D eigenvalue weighted by atomic mass is 10.1. The Hall–Kier alpha value is -2.27. The van der Waals surface area contributed by atoms with Gasteiger partial charge in [0.15, 0.2) is 0 Å². The van der Waals surface area contributed by atoms with Crippen molar-refractivity contribution in [2.24, 2.45) is 7.05 Å². The van der Waals surface area contributed by atoms with Crippen molar-refractivity contribution in [3.05, 3.63) is 40.7 Å². The number of para-hydroxylation sites is 1. The molecule has 5 nitrogen and oxygen atoms in total. The first kappa shape index (κ1) is 12.7. The second-order valence-corrected chi connectivity index (χ2v) is 5.09. The number of carbonyl (C=O) groups excluding carboxylic acids is 2. The van der Waals surface area contributed by atoms with Crippen LogP contribution in [0.25, 0.3) is 17.0 Å². The van der Waals surface area contributed by atoms with E-state index in [1.807, 2.05) is 36.0 Å². The predicted molar refractivity (Wildman–Crippen MR) is 77.2 cm³/mol. The summed E-state index contributed by atoms with van der Waals surface area (Å²) in [5, 5.41) is 4.13. The summed E-state index contributed by atoms with van der Waals surface area (Å²) in [6.45, 7) is 0. The molecule has 0 bridgehead atoms. The van der Waals surface area contributed by atoms with Crippen LogP contribution in [0.1, 0.15) is 5.56 Å². The lowest BCUT2D eigenvalue weighted by Gasteiger charge is -1.99. The van der Waals surface area contributed by atoms with Crippen LogP contribution in [0.5, 0.6) is 0 Å². The number of imide groups is 1. The van der Waals surface area contributed by atoms with Gasteiger partial charge in [-0.3, -0.25) is 9.69 Å². The van der Waals surface area contributed by atoms with E-state index in [1.165, 1.54) is 7.05 Å². The molecule has 0 aliphatic carbocycles. The Kier molecular flexibility index (Phi) is 2.79. The summed E-state index contributed by atoms with van der Waals surface area (Å²) in [5.74, 6) is -0.339. The van der Waals surface area contributed by atoms with Crippen LogP contribution in [-0.4, -0.2) is 28.5 Å². The number of benzene rings is 1. The van der Waals surface area contributed by atoms with Crippen LogP contribution in [0.2, 0.25) is 5.02 Å². The molecule has 1 aromatic carbocycles. The fraction of sp³-hybridized carbons (Fsp3) is 0.143. The number of nitrogens with zero attached hydrogens (tertiary/aromatic N) is 2. The Morgan fingerprint density at radius 1 is 1.25 bits per heavy atom. The third-order valence-electron chi connectivity index (χ3n) is 3.36. The van der Waals surface area contributed by atoms with Crippen LogP contribution in [0.15, 0.2) is 30.1 Å². The molecule has 0 unspecified atom stereocenters. The summed E-state index contributed by atoms with van der Waals surface area (Å²) < 4.78 is 1.90. The van der Waals surface area contributed by atoms with Gasteiger partial charge in [-0.15, -0.1) is 0 Å². The van der Waals surface area contributed by atoms with Crippen LogP contribution in [-0.2, 0) is 11.8 Å². The summed E-state index contributed by atoms with van der Waals surface area (Å²) in [6.07, 6.45) is 3.55. The van der Waals surface area contributed by atoms with E-state index < -0.39 is 6.03 Å². The molecule has 2 aromatic rings. The van der Waals surface area contributed by atoms with Gasteiger partial charge in [0, 0.05) is 31.2 Å². The molecular formula is C14H12ClN3O2. The molecule has 6 heteroatoms. The molecule has 2 heterocycles. The highest BCUT2D eigenvalue weighted by molar-refractivity contribution is 6.35. The number of aromatic nitrogens is 1. The molecule has 102 valence electrons. The third-order valence-corrected chi connectivity index (χ3v) is 3.67. The Morgan fingerprint density at radius 3 is 2.65 bits per heavy atom. The predicted octanol–water partition coefficient (Wildman–Crippen LogP) is 2.35. The highest BCUT2D eigenvalue weighted by Gasteiger charge is 2.30. The number of fused-ring (bicyclic) bond motifs is 1. The zero-order valence-electron chi connectivity index (χ0n) is 11.0. The number of hydrogen-bond donors (Lipinski definition) is 1. The van der Waals surface area contributed by atoms with E-state index in [4.69, 9.17) is 11.6 Å². The summed E-state index contributed by atoms with van der Waals surface area (Å²) in [4.78, 5) is 24.4. The molecular weight excluding hydrogens is 278 g/mol. The Bertz CT molecular complexity index is 776. The molecule has 1 N–H and O–H groups in total. The lowest BCUT2D eigenvalue weighted by molar-refractivity contribution is -0.121. The standard InChI is InChI=1S/C14H12ClN3O2/c1-17-7-8(9-4-3-5-10(15)12(9)17)6-11-13(19)18(2)14(20)16-11/h3-7H,1-2H3,(H,16,20). The van der Waals surface area contributed by atoms with Crippen LogP contribution >= 0.6 is 11.6 Å². The fourth-order valence-electron chi connectivity index (χ4n) is 2.34. The number of amides is 3. The molecule has 0 radical (unpaired) electrons. The van der Waals surface area contributed by atoms with Gasteiger partial charge in [0.1, 0.15) is 5.70 Å². The smallest absolute Gasteiger partial charge is 0.328 e. The average Bonchev–Trinajstić information content (AvgIpc) is 2.85. The largest absolute Gasteiger partial charge is 0.349 e. The monoisotopic (exact) mass is 289 g/mol. The molecule has 1 fully saturated rings. The molecule has 1 aromatic heterocycles. The minimum absolute atomic E-state index is 0.268. The Balaban J connectivity index is 2.15. The Labute approximate surface area is 120 Å². The molecule has 0 spiro atoms. The maximum absolute atomic E-state index is 11.9. The van der Waals surface area contributed by atoms with E-state index in [2.05, 4.69) is 5.32 Å². The van der Waals surface area contributed by atoms with Gasteiger partial charge in [-0.05, 0) is 12.1 Å². The van der Waals surface area contributed by atoms with E-state index in [-0.39, 0.29) is 11.6 Å². The number of halogens is 1. The summed E-state index contributed by atoms with van der Waals surface area (Å²) in [7, 11) is 3.33. The highest BCUT2D eigenvalue weighted by Crippen LogP contribution is 2.29. The summed E-state index contributed by atoms with van der Waals surface area (Å²) >= 11 is 6.18. The SMILES string of the molecule is CN1C(=O)NC(=Cc2cn(C)c3c(Cl)cccc23)C1=O. The van der Waals surface area contributed by atoms with E-state index in [9.17, 15) is 9.59 Å². The third kappa shape index (κ3) is 1.78. The molecule has 1 aliphatic heterocycles. The van der Waals surface area contributed by atoms with Crippen molar-refractivity contribution >= 4 is 40.5 Å². The second kappa shape index (κ2) is 4.38. The molecule has 1 saturated heterocycles. The first-order chi connectivity index (χ1) is 9.49. The molecule has 0 atom stereocenters. The molecule has 3 amide bonds. The zero-order chi connectivity index (χ0) is 14.4. The van der Waals surface area contributed by atoms with Crippen molar-refractivity contribution in [1.29, 1.82) is 0 Å². The van der Waals surface area contributed by atoms with Gasteiger partial charge in [0.2, 0.25) is 0 Å². The number of nitrogens with one attached hydrogen (secondary N) is 1. The lowest BCUT2D eigenvalue weighted by Crippen LogP contribution is -2.25. The van der Waals surface area contributed by atoms with Gasteiger partial charge in [-0.2, -0.15) is 0 Å². The zero-order valence-corrected chi connectivity index (χ0v) is 11.7. The van der Waals surface area contributed by atoms with Crippen molar-refractivity contribution < 1.29 is 9.59 Å². The van der Waals surface area contributed by atoms with Gasteiger partial charge >= 0.3 is 6.03 Å². The summed E-state index contributed by atoms with van der Waals surface area (Å²) in [6, 6.07) is 5.18. The van der Waals surface area contributed by atoms with Gasteiger partial charge < -0.3 is 9.88 Å². The molecule has 20 heavy (non-hydrogen) atoms. The molecule has 0 saturated carbocycles. The molecule has 1 aliphatic rings. The van der Waals surface area contributed by atoms with Gasteiger partial charge in [0.25, 0.3) is 5.91 Å². The minimum Gasteiger partial charge on any atom is -0.349 e. The average molecular weight is 290 g/mol. The highest BCUT2D eigenvalue weighted by atomic mass is 35.5. The summed E-state index contributed by atoms with van der Waals surface area (Å²) in [5.41, 5.74) is 2.00. The minimum atomic E-state index is -0.417. The van der Waals surface area contributed by atoms with E-state index in [1.54, 1.807) is 6.08 Å². The van der Waals surface area contributed by atoms with Crippen molar-refractivity contribution in [3.63, 3.8) is 0 Å². The normalized spacial score (nSPS) is 17.4. The fourth-order valence-corrected chi connectivity index (χ4v) is 2.65. The van der Waals surface area contributed by atoms with Crippen LogP contribution in [0.4, 0.5) is 4.79 Å². The van der Waals surface area contributed by atoms with Crippen LogP contribution in [0.3, 0.4) is 0 Å². The second-order valence-electron chi connectivity index (χ2n) is 4.68.